The van der Waals surface area contributed by atoms with E-state index in [1.54, 1.807) is 6.92 Å². The van der Waals surface area contributed by atoms with Gasteiger partial charge in [0, 0.05) is 42.7 Å². The Balaban J connectivity index is 1.57. The molecule has 1 aliphatic rings. The van der Waals surface area contributed by atoms with Crippen LogP contribution in [0.1, 0.15) is 51.4 Å². The highest BCUT2D eigenvalue weighted by Gasteiger charge is 2.21. The Morgan fingerprint density at radius 1 is 1.29 bits per heavy atom. The first-order valence-electron chi connectivity index (χ1n) is 9.51. The second kappa shape index (κ2) is 7.27. The molecule has 0 saturated carbocycles. The van der Waals surface area contributed by atoms with Gasteiger partial charge in [-0.25, -0.2) is 0 Å². The number of ketones is 1. The third-order valence-electron chi connectivity index (χ3n) is 5.30. The van der Waals surface area contributed by atoms with Crippen LogP contribution in [0.3, 0.4) is 0 Å². The average molecular weight is 380 g/mol. The summed E-state index contributed by atoms with van der Waals surface area (Å²) in [4.78, 5) is 20.9. The monoisotopic (exact) mass is 380 g/mol. The Morgan fingerprint density at radius 2 is 2.11 bits per heavy atom. The van der Waals surface area contributed by atoms with Crippen LogP contribution in [-0.4, -0.2) is 37.2 Å². The van der Waals surface area contributed by atoms with Crippen LogP contribution in [0.4, 0.5) is 0 Å². The highest BCUT2D eigenvalue weighted by Crippen LogP contribution is 2.28. The molecule has 0 aliphatic carbocycles. The maximum absolute atomic E-state index is 11.8. The number of hydrogen-bond donors (Lipinski definition) is 1. The molecule has 3 aromatic heterocycles. The summed E-state index contributed by atoms with van der Waals surface area (Å²) in [6.45, 7) is 9.64. The molecule has 4 heterocycles. The van der Waals surface area contributed by atoms with E-state index in [1.807, 2.05) is 31.6 Å². The molecule has 0 amide bonds. The van der Waals surface area contributed by atoms with Crippen LogP contribution in [-0.2, 0) is 25.9 Å². The van der Waals surface area contributed by atoms with Crippen molar-refractivity contribution >= 4 is 5.78 Å². The minimum atomic E-state index is 0.0349. The molecule has 0 saturated heterocycles. The van der Waals surface area contributed by atoms with Gasteiger partial charge in [0.1, 0.15) is 0 Å². The maximum atomic E-state index is 11.8. The van der Waals surface area contributed by atoms with Gasteiger partial charge < -0.3 is 9.84 Å². The van der Waals surface area contributed by atoms with E-state index < -0.39 is 0 Å². The lowest BCUT2D eigenvalue weighted by molar-refractivity contribution is 0.101. The summed E-state index contributed by atoms with van der Waals surface area (Å²) in [5.41, 5.74) is 6.66. The van der Waals surface area contributed by atoms with E-state index in [4.69, 9.17) is 4.52 Å². The number of Topliss-reactive ketones (excluding diaryl/α,β-unsaturated/α-hetero) is 1. The Bertz CT molecular complexity index is 1050. The molecule has 146 valence electrons. The fourth-order valence-corrected chi connectivity index (χ4v) is 3.95. The first-order chi connectivity index (χ1) is 13.5. The van der Waals surface area contributed by atoms with E-state index >= 15 is 0 Å². The summed E-state index contributed by atoms with van der Waals surface area (Å²) in [5, 5.41) is 12.0. The van der Waals surface area contributed by atoms with Crippen molar-refractivity contribution in [1.29, 1.82) is 0 Å². The minimum Gasteiger partial charge on any atom is -0.339 e. The van der Waals surface area contributed by atoms with Gasteiger partial charge >= 0.3 is 0 Å². The number of pyridine rings is 1. The number of nitrogens with one attached hydrogen (secondary N) is 1. The second-order valence-electron chi connectivity index (χ2n) is 7.24. The molecule has 8 nitrogen and oxygen atoms in total. The van der Waals surface area contributed by atoms with Crippen LogP contribution in [0, 0.1) is 20.8 Å². The molecule has 0 atom stereocenters. The third-order valence-corrected chi connectivity index (χ3v) is 5.30. The quantitative estimate of drug-likeness (QED) is 0.678. The average Bonchev–Trinajstić information content (AvgIpc) is 3.23. The molecular formula is C20H24N6O2. The van der Waals surface area contributed by atoms with Gasteiger partial charge in [0.05, 0.1) is 11.3 Å². The molecule has 0 aromatic carbocycles. The summed E-state index contributed by atoms with van der Waals surface area (Å²) >= 11 is 0. The first kappa shape index (κ1) is 18.5. The highest BCUT2D eigenvalue weighted by atomic mass is 16.5. The zero-order valence-electron chi connectivity index (χ0n) is 16.7. The number of hydrogen-bond acceptors (Lipinski definition) is 7. The number of aryl methyl sites for hydroxylation is 4. The van der Waals surface area contributed by atoms with Crippen molar-refractivity contribution in [2.24, 2.45) is 0 Å². The van der Waals surface area contributed by atoms with Gasteiger partial charge in [0.25, 0.3) is 0 Å². The zero-order chi connectivity index (χ0) is 19.8. The highest BCUT2D eigenvalue weighted by molar-refractivity contribution is 5.96. The van der Waals surface area contributed by atoms with Crippen LogP contribution in [0.25, 0.3) is 11.4 Å². The zero-order valence-corrected chi connectivity index (χ0v) is 16.7. The molecule has 4 rings (SSSR count). The van der Waals surface area contributed by atoms with Crippen molar-refractivity contribution < 1.29 is 9.32 Å². The number of aromatic nitrogens is 5. The number of carbonyl (C=O) groups is 1. The van der Waals surface area contributed by atoms with E-state index in [0.29, 0.717) is 30.2 Å². The van der Waals surface area contributed by atoms with Crippen LogP contribution < -0.4 is 5.32 Å². The Hall–Kier alpha value is -2.87. The molecule has 3 aromatic rings. The molecular weight excluding hydrogens is 356 g/mol. The van der Waals surface area contributed by atoms with Crippen LogP contribution in [0.2, 0.25) is 0 Å². The lowest BCUT2D eigenvalue weighted by Crippen LogP contribution is -2.24. The van der Waals surface area contributed by atoms with Crippen molar-refractivity contribution in [1.82, 2.24) is 30.2 Å². The molecule has 1 N–H and O–H groups in total. The summed E-state index contributed by atoms with van der Waals surface area (Å²) < 4.78 is 7.33. The van der Waals surface area contributed by atoms with Crippen LogP contribution in [0.5, 0.6) is 0 Å². The third kappa shape index (κ3) is 3.24. The largest absolute Gasteiger partial charge is 0.339 e. The number of rotatable bonds is 5. The molecule has 8 heteroatoms. The predicted octanol–water partition coefficient (Wildman–Crippen LogP) is 2.34. The number of carbonyl (C=O) groups excluding carboxylic acids is 1. The lowest BCUT2D eigenvalue weighted by atomic mass is 9.95. The van der Waals surface area contributed by atoms with E-state index in [9.17, 15) is 4.79 Å². The summed E-state index contributed by atoms with van der Waals surface area (Å²) in [5.74, 6) is 1.18. The summed E-state index contributed by atoms with van der Waals surface area (Å²) in [6, 6.07) is 0. The van der Waals surface area contributed by atoms with E-state index in [-0.39, 0.29) is 5.78 Å². The van der Waals surface area contributed by atoms with Crippen LogP contribution >= 0.6 is 0 Å². The Kier molecular flexibility index (Phi) is 4.80. The van der Waals surface area contributed by atoms with Gasteiger partial charge in [-0.2, -0.15) is 10.1 Å². The van der Waals surface area contributed by atoms with E-state index in [2.05, 4.69) is 25.5 Å². The molecule has 0 unspecified atom stereocenters. The van der Waals surface area contributed by atoms with Crippen molar-refractivity contribution in [2.75, 3.05) is 6.54 Å². The van der Waals surface area contributed by atoms with Crippen LogP contribution in [0.15, 0.2) is 10.7 Å². The first-order valence-corrected chi connectivity index (χ1v) is 9.51. The predicted molar refractivity (Wildman–Crippen MR) is 103 cm³/mol. The normalized spacial score (nSPS) is 13.6. The lowest BCUT2D eigenvalue weighted by Gasteiger charge is -2.19. The van der Waals surface area contributed by atoms with Crippen molar-refractivity contribution in [2.45, 2.75) is 53.6 Å². The van der Waals surface area contributed by atoms with E-state index in [0.717, 1.165) is 42.2 Å². The van der Waals surface area contributed by atoms with Gasteiger partial charge in [-0.05, 0) is 51.8 Å². The minimum absolute atomic E-state index is 0.0349. The molecule has 0 bridgehead atoms. The van der Waals surface area contributed by atoms with Gasteiger partial charge in [-0.1, -0.05) is 5.16 Å². The van der Waals surface area contributed by atoms with Gasteiger partial charge in [-0.3, -0.25) is 14.5 Å². The molecule has 0 fully saturated rings. The Morgan fingerprint density at radius 3 is 2.86 bits per heavy atom. The smallest absolute Gasteiger partial charge is 0.228 e. The second-order valence-corrected chi connectivity index (χ2v) is 7.24. The molecule has 0 radical (unpaired) electrons. The number of fused-ring (bicyclic) bond motifs is 1. The number of nitrogens with zero attached hydrogens (tertiary/aromatic N) is 5. The van der Waals surface area contributed by atoms with Crippen molar-refractivity contribution in [3.8, 4) is 11.4 Å². The molecule has 0 spiro atoms. The standard InChI is InChI=1S/C20H24N6O2/c1-11-19(16-5-7-21-9-15(16)10-22-11)20-23-17(28-25-20)6-8-26-13(3)18(14(4)27)12(2)24-26/h10,21H,5-9H2,1-4H3. The fourth-order valence-electron chi connectivity index (χ4n) is 3.95. The Labute approximate surface area is 163 Å². The van der Waals surface area contributed by atoms with Crippen molar-refractivity contribution in [3.05, 3.63) is 45.9 Å². The van der Waals surface area contributed by atoms with Gasteiger partial charge in [-0.15, -0.1) is 0 Å². The van der Waals surface area contributed by atoms with Gasteiger partial charge in [0.2, 0.25) is 11.7 Å². The maximum Gasteiger partial charge on any atom is 0.228 e. The van der Waals surface area contributed by atoms with E-state index in [1.165, 1.54) is 11.1 Å². The topological polar surface area (TPSA) is 98.7 Å². The summed E-state index contributed by atoms with van der Waals surface area (Å²) in [7, 11) is 0. The molecule has 28 heavy (non-hydrogen) atoms. The SMILES string of the molecule is CC(=O)c1c(C)nn(CCc2nc(-c3c(C)ncc4c3CCNC4)no2)c1C. The van der Waals surface area contributed by atoms with Gasteiger partial charge in [0.15, 0.2) is 5.78 Å². The molecule has 1 aliphatic heterocycles. The fraction of sp³-hybridized carbons (Fsp3) is 0.450. The van der Waals surface area contributed by atoms with Crippen molar-refractivity contribution in [3.63, 3.8) is 0 Å². The summed E-state index contributed by atoms with van der Waals surface area (Å²) in [6.07, 6.45) is 3.41.